The molecule has 0 spiro atoms. The van der Waals surface area contributed by atoms with E-state index in [0.717, 1.165) is 4.90 Å². The van der Waals surface area contributed by atoms with Gasteiger partial charge >= 0.3 is 11.8 Å². The molecule has 1 aromatic heterocycles. The molecule has 1 unspecified atom stereocenters. The Bertz CT molecular complexity index is 801. The maximum atomic E-state index is 14.4. The van der Waals surface area contributed by atoms with Gasteiger partial charge in [-0.1, -0.05) is 29.8 Å². The first-order valence-corrected chi connectivity index (χ1v) is 7.42. The van der Waals surface area contributed by atoms with E-state index in [9.17, 15) is 23.1 Å². The molecule has 0 fully saturated rings. The number of carbonyl (C=O) groups excluding carboxylic acids is 1. The molecule has 8 heteroatoms. The minimum absolute atomic E-state index is 0.0724. The zero-order chi connectivity index (χ0) is 17.5. The number of benzene rings is 1. The summed E-state index contributed by atoms with van der Waals surface area (Å²) in [5.41, 5.74) is -0.704. The van der Waals surface area contributed by atoms with Crippen LogP contribution in [0.4, 0.5) is 18.9 Å². The average Bonchev–Trinajstić information content (AvgIpc) is 2.75. The summed E-state index contributed by atoms with van der Waals surface area (Å²) < 4.78 is 41.7. The fourth-order valence-corrected chi connectivity index (χ4v) is 2.91. The third kappa shape index (κ3) is 2.63. The maximum absolute atomic E-state index is 14.4. The molecule has 4 nitrogen and oxygen atoms in total. The molecule has 0 saturated carbocycles. The molecule has 0 saturated heterocycles. The second-order valence-corrected chi connectivity index (χ2v) is 5.72. The number of hydrogen-bond donors (Lipinski definition) is 1. The van der Waals surface area contributed by atoms with Crippen LogP contribution < -0.4 is 4.90 Å². The highest BCUT2D eigenvalue weighted by molar-refractivity contribution is 6.29. The van der Waals surface area contributed by atoms with Crippen LogP contribution in [0.1, 0.15) is 22.9 Å². The Labute approximate surface area is 140 Å². The Kier molecular flexibility index (Phi) is 4.23. The van der Waals surface area contributed by atoms with E-state index in [1.165, 1.54) is 24.3 Å². The lowest BCUT2D eigenvalue weighted by Crippen LogP contribution is -2.34. The summed E-state index contributed by atoms with van der Waals surface area (Å²) in [6.45, 7) is -1.44. The second-order valence-electron chi connectivity index (χ2n) is 5.33. The van der Waals surface area contributed by atoms with Crippen molar-refractivity contribution in [2.24, 2.45) is 0 Å². The van der Waals surface area contributed by atoms with Crippen molar-refractivity contribution in [1.82, 2.24) is 4.98 Å². The number of aliphatic hydroxyl groups is 1. The van der Waals surface area contributed by atoms with Gasteiger partial charge in [0, 0.05) is 0 Å². The number of anilines is 1. The summed E-state index contributed by atoms with van der Waals surface area (Å²) in [6, 6.07) is 8.57. The van der Waals surface area contributed by atoms with Crippen molar-refractivity contribution in [3.05, 3.63) is 58.4 Å². The standard InChI is InChI=1S/C16H12ClF3N2O2/c17-13-6-1-3-9(21-13)8-22-11-5-2-4-10(12(23)7-18)14(11)16(19,20)15(22)24/h1-6,12,23H,7-8H2. The molecule has 1 atom stereocenters. The number of alkyl halides is 3. The number of amides is 1. The van der Waals surface area contributed by atoms with E-state index < -0.39 is 30.2 Å². The van der Waals surface area contributed by atoms with Gasteiger partial charge in [-0.05, 0) is 23.8 Å². The summed E-state index contributed by atoms with van der Waals surface area (Å²) in [5.74, 6) is -5.29. The normalized spacial score (nSPS) is 17.0. The molecule has 0 aliphatic carbocycles. The number of fused-ring (bicyclic) bond motifs is 1. The molecule has 2 heterocycles. The minimum atomic E-state index is -3.85. The number of nitrogens with zero attached hydrogens (tertiary/aromatic N) is 2. The number of carbonyl (C=O) groups is 1. The second kappa shape index (κ2) is 6.07. The van der Waals surface area contributed by atoms with Crippen LogP contribution in [0.15, 0.2) is 36.4 Å². The Morgan fingerprint density at radius 1 is 1.25 bits per heavy atom. The highest BCUT2D eigenvalue weighted by Gasteiger charge is 2.54. The van der Waals surface area contributed by atoms with E-state index in [1.54, 1.807) is 12.1 Å². The van der Waals surface area contributed by atoms with Crippen molar-refractivity contribution in [3.63, 3.8) is 0 Å². The highest BCUT2D eigenvalue weighted by Crippen LogP contribution is 2.47. The number of halogens is 4. The van der Waals surface area contributed by atoms with Gasteiger partial charge in [-0.25, -0.2) is 9.37 Å². The van der Waals surface area contributed by atoms with Crippen molar-refractivity contribution in [2.75, 3.05) is 11.6 Å². The molecule has 3 rings (SSSR count). The molecule has 1 aliphatic rings. The van der Waals surface area contributed by atoms with Crippen LogP contribution in [-0.4, -0.2) is 22.7 Å². The molecular formula is C16H12ClF3N2O2. The summed E-state index contributed by atoms with van der Waals surface area (Å²) >= 11 is 5.77. The molecular weight excluding hydrogens is 345 g/mol. The molecule has 24 heavy (non-hydrogen) atoms. The minimum Gasteiger partial charge on any atom is -0.386 e. The SMILES string of the molecule is O=C1N(Cc2cccc(Cl)n2)c2cccc(C(O)CF)c2C1(F)F. The molecule has 1 amide bonds. The van der Waals surface area contributed by atoms with Crippen LogP contribution >= 0.6 is 11.6 Å². The first-order chi connectivity index (χ1) is 11.4. The number of aliphatic hydroxyl groups excluding tert-OH is 1. The predicted molar refractivity (Wildman–Crippen MR) is 81.7 cm³/mol. The van der Waals surface area contributed by atoms with Crippen LogP contribution in [0.3, 0.4) is 0 Å². The van der Waals surface area contributed by atoms with Crippen molar-refractivity contribution >= 4 is 23.2 Å². The Hall–Kier alpha value is -2.12. The van der Waals surface area contributed by atoms with Gasteiger partial charge in [-0.15, -0.1) is 0 Å². The average molecular weight is 357 g/mol. The molecule has 0 bridgehead atoms. The Morgan fingerprint density at radius 3 is 2.62 bits per heavy atom. The molecule has 0 radical (unpaired) electrons. The zero-order valence-electron chi connectivity index (χ0n) is 12.2. The third-order valence-electron chi connectivity index (χ3n) is 3.79. The van der Waals surface area contributed by atoms with Crippen molar-refractivity contribution in [1.29, 1.82) is 0 Å². The third-order valence-corrected chi connectivity index (χ3v) is 4.00. The lowest BCUT2D eigenvalue weighted by Gasteiger charge is -2.17. The van der Waals surface area contributed by atoms with Gasteiger partial charge < -0.3 is 10.0 Å². The van der Waals surface area contributed by atoms with E-state index in [-0.39, 0.29) is 22.9 Å². The molecule has 1 aliphatic heterocycles. The number of pyridine rings is 1. The zero-order valence-corrected chi connectivity index (χ0v) is 13.0. The van der Waals surface area contributed by atoms with E-state index in [1.807, 2.05) is 0 Å². The molecule has 126 valence electrons. The van der Waals surface area contributed by atoms with Crippen molar-refractivity contribution in [2.45, 2.75) is 18.6 Å². The first-order valence-electron chi connectivity index (χ1n) is 7.05. The van der Waals surface area contributed by atoms with E-state index >= 15 is 0 Å². The summed E-state index contributed by atoms with van der Waals surface area (Å²) in [4.78, 5) is 17.0. The molecule has 1 aromatic carbocycles. The lowest BCUT2D eigenvalue weighted by atomic mass is 9.98. The Morgan fingerprint density at radius 2 is 1.96 bits per heavy atom. The van der Waals surface area contributed by atoms with E-state index in [2.05, 4.69) is 4.98 Å². The van der Waals surface area contributed by atoms with Gasteiger partial charge in [0.25, 0.3) is 0 Å². The smallest absolute Gasteiger partial charge is 0.352 e. The predicted octanol–water partition coefficient (Wildman–Crippen LogP) is 3.38. The largest absolute Gasteiger partial charge is 0.386 e. The fraction of sp³-hybridized carbons (Fsp3) is 0.250. The summed E-state index contributed by atoms with van der Waals surface area (Å²) in [6.07, 6.45) is -1.72. The number of rotatable bonds is 4. The van der Waals surface area contributed by atoms with Gasteiger partial charge in [0.15, 0.2) is 0 Å². The van der Waals surface area contributed by atoms with E-state index in [4.69, 9.17) is 11.6 Å². The monoisotopic (exact) mass is 356 g/mol. The van der Waals surface area contributed by atoms with Gasteiger partial charge in [0.1, 0.15) is 17.9 Å². The van der Waals surface area contributed by atoms with Gasteiger partial charge in [0.05, 0.1) is 23.5 Å². The summed E-state index contributed by atoms with van der Waals surface area (Å²) in [5, 5.41) is 9.83. The fourth-order valence-electron chi connectivity index (χ4n) is 2.73. The van der Waals surface area contributed by atoms with Crippen molar-refractivity contribution in [3.8, 4) is 0 Å². The van der Waals surface area contributed by atoms with Gasteiger partial charge in [-0.2, -0.15) is 8.78 Å². The number of hydrogen-bond acceptors (Lipinski definition) is 3. The maximum Gasteiger partial charge on any atom is 0.352 e. The Balaban J connectivity index is 2.08. The lowest BCUT2D eigenvalue weighted by molar-refractivity contribution is -0.141. The van der Waals surface area contributed by atoms with Crippen molar-refractivity contribution < 1.29 is 23.1 Å². The topological polar surface area (TPSA) is 53.4 Å². The van der Waals surface area contributed by atoms with Gasteiger partial charge in [0.2, 0.25) is 0 Å². The first kappa shape index (κ1) is 16.7. The van der Waals surface area contributed by atoms with Crippen LogP contribution in [0, 0.1) is 0 Å². The van der Waals surface area contributed by atoms with Crippen LogP contribution in [0.2, 0.25) is 5.15 Å². The van der Waals surface area contributed by atoms with Crippen LogP contribution in [-0.2, 0) is 17.3 Å². The molecule has 1 N–H and O–H groups in total. The number of aromatic nitrogens is 1. The summed E-state index contributed by atoms with van der Waals surface area (Å²) in [7, 11) is 0. The quantitative estimate of drug-likeness (QED) is 0.854. The van der Waals surface area contributed by atoms with Crippen LogP contribution in [0.25, 0.3) is 0 Å². The van der Waals surface area contributed by atoms with E-state index in [0.29, 0.717) is 5.69 Å². The van der Waals surface area contributed by atoms with Gasteiger partial charge in [-0.3, -0.25) is 4.79 Å². The van der Waals surface area contributed by atoms with Crippen LogP contribution in [0.5, 0.6) is 0 Å². The molecule has 2 aromatic rings. The highest BCUT2D eigenvalue weighted by atomic mass is 35.5.